The van der Waals surface area contributed by atoms with E-state index in [0.29, 0.717) is 17.7 Å². The van der Waals surface area contributed by atoms with Gasteiger partial charge >= 0.3 is 0 Å². The predicted molar refractivity (Wildman–Crippen MR) is 67.6 cm³/mol. The minimum absolute atomic E-state index is 0.479. The quantitative estimate of drug-likeness (QED) is 0.777. The fourth-order valence-corrected chi connectivity index (χ4v) is 3.36. The Kier molecular flexibility index (Phi) is 2.98. The predicted octanol–water partition coefficient (Wildman–Crippen LogP) is 2.63. The van der Waals surface area contributed by atoms with Gasteiger partial charge < -0.3 is 0 Å². The summed E-state index contributed by atoms with van der Waals surface area (Å²) < 4.78 is 0. The van der Waals surface area contributed by atoms with Gasteiger partial charge in [0.25, 0.3) is 0 Å². The van der Waals surface area contributed by atoms with E-state index in [0.717, 1.165) is 32.4 Å². The molecule has 0 N–H and O–H groups in total. The van der Waals surface area contributed by atoms with Gasteiger partial charge in [-0.15, -0.1) is 0 Å². The molecule has 2 nitrogen and oxygen atoms in total. The van der Waals surface area contributed by atoms with Crippen molar-refractivity contribution in [2.45, 2.75) is 38.3 Å². The van der Waals surface area contributed by atoms with Crippen LogP contribution < -0.4 is 0 Å². The van der Waals surface area contributed by atoms with Gasteiger partial charge in [0.15, 0.2) is 0 Å². The molecule has 1 saturated carbocycles. The molecule has 2 aliphatic rings. The number of Topliss-reactive ketones (excluding diaryl/α,β-unsaturated/α-hetero) is 1. The second-order valence-corrected chi connectivity index (χ2v) is 5.35. The Morgan fingerprint density at radius 3 is 2.82 bits per heavy atom. The first-order chi connectivity index (χ1) is 8.33. The van der Waals surface area contributed by atoms with Crippen LogP contribution in [-0.2, 0) is 11.3 Å². The molecule has 1 saturated heterocycles. The van der Waals surface area contributed by atoms with E-state index in [1.807, 2.05) is 0 Å². The maximum Gasteiger partial charge on any atom is 0.133 e. The number of fused-ring (bicyclic) bond motifs is 1. The van der Waals surface area contributed by atoms with Crippen LogP contribution in [0.3, 0.4) is 0 Å². The molecule has 1 aliphatic carbocycles. The zero-order chi connectivity index (χ0) is 11.7. The molecule has 2 heteroatoms. The van der Waals surface area contributed by atoms with Crippen LogP contribution in [0.5, 0.6) is 0 Å². The van der Waals surface area contributed by atoms with Crippen LogP contribution in [0.15, 0.2) is 30.3 Å². The second-order valence-electron chi connectivity index (χ2n) is 5.35. The molecule has 0 aromatic heterocycles. The summed E-state index contributed by atoms with van der Waals surface area (Å²) in [4.78, 5) is 14.0. The van der Waals surface area contributed by atoms with Gasteiger partial charge in [-0.2, -0.15) is 0 Å². The largest absolute Gasteiger partial charge is 0.300 e. The summed E-state index contributed by atoms with van der Waals surface area (Å²) in [6.07, 6.45) is 3.92. The molecule has 0 unspecified atom stereocenters. The van der Waals surface area contributed by atoms with Gasteiger partial charge in [0, 0.05) is 25.4 Å². The Balaban J connectivity index is 1.68. The molecule has 1 aromatic carbocycles. The number of carbonyl (C=O) groups excluding carboxylic acids is 1. The van der Waals surface area contributed by atoms with E-state index in [9.17, 15) is 4.79 Å². The van der Waals surface area contributed by atoms with Crippen molar-refractivity contribution in [1.82, 2.24) is 4.90 Å². The van der Waals surface area contributed by atoms with Crippen molar-refractivity contribution in [3.8, 4) is 0 Å². The number of ketones is 1. The van der Waals surface area contributed by atoms with Crippen molar-refractivity contribution in [2.24, 2.45) is 5.92 Å². The molecule has 2 fully saturated rings. The number of hydrogen-bond donors (Lipinski definition) is 0. The summed E-state index contributed by atoms with van der Waals surface area (Å²) in [5.74, 6) is 1.12. The molecular formula is C15H19NO. The maximum atomic E-state index is 11.5. The third kappa shape index (κ3) is 2.27. The average molecular weight is 229 g/mol. The van der Waals surface area contributed by atoms with E-state index in [4.69, 9.17) is 0 Å². The summed E-state index contributed by atoms with van der Waals surface area (Å²) >= 11 is 0. The highest BCUT2D eigenvalue weighted by Crippen LogP contribution is 2.35. The molecule has 0 radical (unpaired) electrons. The summed E-state index contributed by atoms with van der Waals surface area (Å²) in [5, 5.41) is 0. The van der Waals surface area contributed by atoms with E-state index in [-0.39, 0.29) is 0 Å². The van der Waals surface area contributed by atoms with E-state index < -0.39 is 0 Å². The highest BCUT2D eigenvalue weighted by atomic mass is 16.1. The van der Waals surface area contributed by atoms with Crippen molar-refractivity contribution >= 4 is 5.78 Å². The number of likely N-dealkylation sites (tertiary alicyclic amines) is 1. The summed E-state index contributed by atoms with van der Waals surface area (Å²) in [6.45, 7) is 2.22. The molecule has 1 aromatic rings. The lowest BCUT2D eigenvalue weighted by Crippen LogP contribution is -2.36. The van der Waals surface area contributed by atoms with E-state index in [1.165, 1.54) is 12.0 Å². The van der Waals surface area contributed by atoms with E-state index in [1.54, 1.807) is 0 Å². The first kappa shape index (κ1) is 11.0. The molecule has 0 spiro atoms. The van der Waals surface area contributed by atoms with Crippen molar-refractivity contribution in [1.29, 1.82) is 0 Å². The Bertz CT molecular complexity index is 401. The van der Waals surface area contributed by atoms with Gasteiger partial charge in [0.05, 0.1) is 0 Å². The second kappa shape index (κ2) is 4.61. The molecule has 0 bridgehead atoms. The normalized spacial score (nSPS) is 29.3. The smallest absolute Gasteiger partial charge is 0.133 e. The van der Waals surface area contributed by atoms with Crippen LogP contribution in [0.4, 0.5) is 0 Å². The fraction of sp³-hybridized carbons (Fsp3) is 0.533. The van der Waals surface area contributed by atoms with Crippen LogP contribution >= 0.6 is 0 Å². The number of benzene rings is 1. The molecule has 1 heterocycles. The van der Waals surface area contributed by atoms with Crippen molar-refractivity contribution in [2.75, 3.05) is 6.54 Å². The zero-order valence-corrected chi connectivity index (χ0v) is 10.1. The van der Waals surface area contributed by atoms with Crippen LogP contribution in [0.25, 0.3) is 0 Å². The molecular weight excluding hydrogens is 210 g/mol. The Hall–Kier alpha value is -1.15. The summed E-state index contributed by atoms with van der Waals surface area (Å²) in [6, 6.07) is 11.3. The minimum atomic E-state index is 0.479. The van der Waals surface area contributed by atoms with E-state index in [2.05, 4.69) is 35.2 Å². The Morgan fingerprint density at radius 1 is 1.18 bits per heavy atom. The number of nitrogens with zero attached hydrogens (tertiary/aromatic N) is 1. The van der Waals surface area contributed by atoms with Gasteiger partial charge in [-0.25, -0.2) is 0 Å². The van der Waals surface area contributed by atoms with Gasteiger partial charge in [0.1, 0.15) is 5.78 Å². The molecule has 90 valence electrons. The van der Waals surface area contributed by atoms with Gasteiger partial charge in [0.2, 0.25) is 0 Å². The molecule has 3 rings (SSSR count). The monoisotopic (exact) mass is 229 g/mol. The van der Waals surface area contributed by atoms with Gasteiger partial charge in [-0.05, 0) is 30.9 Å². The van der Waals surface area contributed by atoms with Crippen LogP contribution in [-0.4, -0.2) is 23.3 Å². The molecule has 1 aliphatic heterocycles. The van der Waals surface area contributed by atoms with Gasteiger partial charge in [-0.3, -0.25) is 9.69 Å². The van der Waals surface area contributed by atoms with Crippen LogP contribution in [0.2, 0.25) is 0 Å². The highest BCUT2D eigenvalue weighted by molar-refractivity contribution is 5.79. The number of carbonyl (C=O) groups is 1. The van der Waals surface area contributed by atoms with Crippen LogP contribution in [0, 0.1) is 5.92 Å². The first-order valence-electron chi connectivity index (χ1n) is 6.62. The Labute approximate surface area is 103 Å². The molecule has 2 atom stereocenters. The summed E-state index contributed by atoms with van der Waals surface area (Å²) in [5.41, 5.74) is 1.39. The Morgan fingerprint density at radius 2 is 2.00 bits per heavy atom. The highest BCUT2D eigenvalue weighted by Gasteiger charge is 2.37. The van der Waals surface area contributed by atoms with Crippen molar-refractivity contribution in [3.05, 3.63) is 35.9 Å². The standard InChI is InChI=1S/C15H19NO/c17-14-6-7-15-13(10-14)8-9-16(15)11-12-4-2-1-3-5-12/h1-5,13,15H,6-11H2/t13-,15+/m0/s1. The van der Waals surface area contributed by atoms with Crippen molar-refractivity contribution in [3.63, 3.8) is 0 Å². The van der Waals surface area contributed by atoms with E-state index >= 15 is 0 Å². The maximum absolute atomic E-state index is 11.5. The molecule has 17 heavy (non-hydrogen) atoms. The number of rotatable bonds is 2. The van der Waals surface area contributed by atoms with Crippen molar-refractivity contribution < 1.29 is 4.79 Å². The average Bonchev–Trinajstić information content (AvgIpc) is 2.73. The lowest BCUT2D eigenvalue weighted by atomic mass is 9.84. The third-order valence-corrected chi connectivity index (χ3v) is 4.24. The SMILES string of the molecule is O=C1CC[C@@H]2[C@@H](CCN2Cc2ccccc2)C1. The number of hydrogen-bond acceptors (Lipinski definition) is 2. The minimum Gasteiger partial charge on any atom is -0.300 e. The summed E-state index contributed by atoms with van der Waals surface area (Å²) in [7, 11) is 0. The molecule has 0 amide bonds. The lowest BCUT2D eigenvalue weighted by molar-refractivity contribution is -0.122. The van der Waals surface area contributed by atoms with Crippen LogP contribution in [0.1, 0.15) is 31.2 Å². The lowest BCUT2D eigenvalue weighted by Gasteiger charge is -2.31. The zero-order valence-electron chi connectivity index (χ0n) is 10.1. The third-order valence-electron chi connectivity index (χ3n) is 4.24. The topological polar surface area (TPSA) is 20.3 Å². The van der Waals surface area contributed by atoms with Gasteiger partial charge in [-0.1, -0.05) is 30.3 Å². The first-order valence-corrected chi connectivity index (χ1v) is 6.62. The fourth-order valence-electron chi connectivity index (χ4n) is 3.36.